The molecule has 0 bridgehead atoms. The molecule has 0 aromatic heterocycles. The highest BCUT2D eigenvalue weighted by molar-refractivity contribution is 8.00. The number of nitrogens with one attached hydrogen (secondary N) is 2. The van der Waals surface area contributed by atoms with Gasteiger partial charge in [0.1, 0.15) is 28.5 Å². The molecule has 11 nitrogen and oxygen atoms in total. The Morgan fingerprint density at radius 1 is 1.16 bits per heavy atom. The minimum atomic E-state index is -2.69. The number of carbonyl (C=O) groups excluding carboxylic acids is 2. The first kappa shape index (κ1) is 43.4. The van der Waals surface area contributed by atoms with Crippen LogP contribution in [0.4, 0.5) is 8.78 Å². The van der Waals surface area contributed by atoms with Crippen LogP contribution in [0, 0.1) is 17.8 Å². The summed E-state index contributed by atoms with van der Waals surface area (Å²) in [6, 6.07) is -1.06. The molecule has 1 amide bonds. The SMILES string of the molecule is CC.CC.CC.COC1=CN(C)C(C(F)F)C=C1C1=C(C(=O)NC(N)SC(N)C#CC2CC2)CNC(N2C=CC(N(C)C3COC3)=CC(=O)C2)=C1. The molecule has 1 saturated carbocycles. The number of ether oxygens (including phenoxy) is 2. The molecule has 0 radical (unpaired) electrons. The van der Waals surface area contributed by atoms with E-state index in [1.54, 1.807) is 23.3 Å². The van der Waals surface area contributed by atoms with Crippen LogP contribution in [0.15, 0.2) is 70.7 Å². The number of rotatable bonds is 10. The fourth-order valence-corrected chi connectivity index (χ4v) is 5.71. The summed E-state index contributed by atoms with van der Waals surface area (Å²) in [6.07, 6.45) is 9.18. The predicted molar refractivity (Wildman–Crippen MR) is 201 cm³/mol. The van der Waals surface area contributed by atoms with Crippen molar-refractivity contribution in [1.29, 1.82) is 0 Å². The molecule has 1 aliphatic carbocycles. The number of alkyl halides is 2. The molecule has 3 atom stereocenters. The Labute approximate surface area is 307 Å². The van der Waals surface area contributed by atoms with Crippen LogP contribution in [0.2, 0.25) is 0 Å². The van der Waals surface area contributed by atoms with Crippen molar-refractivity contribution >= 4 is 23.5 Å². The van der Waals surface area contributed by atoms with Crippen LogP contribution in [0.3, 0.4) is 0 Å². The summed E-state index contributed by atoms with van der Waals surface area (Å²) in [6.45, 7) is 13.2. The number of hydrogen-bond donors (Lipinski definition) is 4. The highest BCUT2D eigenvalue weighted by Crippen LogP contribution is 2.34. The normalized spacial score (nSPS) is 21.0. The second-order valence-corrected chi connectivity index (χ2v) is 12.6. The van der Waals surface area contributed by atoms with Crippen molar-refractivity contribution in [2.75, 3.05) is 47.5 Å². The number of amides is 1. The Morgan fingerprint density at radius 2 is 1.82 bits per heavy atom. The van der Waals surface area contributed by atoms with E-state index in [0.717, 1.165) is 30.3 Å². The van der Waals surface area contributed by atoms with E-state index in [-0.39, 0.29) is 30.5 Å². The monoisotopic (exact) mass is 733 g/mol. The first-order valence-electron chi connectivity index (χ1n) is 17.7. The summed E-state index contributed by atoms with van der Waals surface area (Å²) in [5.41, 5.74) is 13.1. The maximum Gasteiger partial charge on any atom is 0.262 e. The number of methoxy groups -OCH3 is 1. The van der Waals surface area contributed by atoms with Gasteiger partial charge in [-0.2, -0.15) is 0 Å². The highest BCUT2D eigenvalue weighted by Gasteiger charge is 2.33. The number of likely N-dealkylation sites (N-methyl/N-ethyl adjacent to an activating group) is 2. The summed E-state index contributed by atoms with van der Waals surface area (Å²) < 4.78 is 39.0. The van der Waals surface area contributed by atoms with E-state index in [4.69, 9.17) is 20.9 Å². The van der Waals surface area contributed by atoms with E-state index in [1.165, 1.54) is 31.3 Å². The van der Waals surface area contributed by atoms with Crippen LogP contribution >= 0.6 is 11.8 Å². The molecule has 5 aliphatic rings. The van der Waals surface area contributed by atoms with Crippen molar-refractivity contribution in [3.8, 4) is 11.8 Å². The lowest BCUT2D eigenvalue weighted by atomic mass is 9.91. The first-order valence-corrected chi connectivity index (χ1v) is 18.6. The van der Waals surface area contributed by atoms with Crippen LogP contribution in [-0.2, 0) is 19.1 Å². The third-order valence-corrected chi connectivity index (χ3v) is 8.83. The molecule has 0 aromatic carbocycles. The van der Waals surface area contributed by atoms with E-state index >= 15 is 0 Å². The van der Waals surface area contributed by atoms with E-state index in [0.29, 0.717) is 41.9 Å². The van der Waals surface area contributed by atoms with Crippen molar-refractivity contribution in [2.45, 2.75) is 83.8 Å². The van der Waals surface area contributed by atoms with Gasteiger partial charge in [-0.25, -0.2) is 8.78 Å². The third-order valence-electron chi connectivity index (χ3n) is 8.01. The highest BCUT2D eigenvalue weighted by atomic mass is 32.2. The van der Waals surface area contributed by atoms with Gasteiger partial charge < -0.3 is 46.3 Å². The van der Waals surface area contributed by atoms with Gasteiger partial charge in [-0.1, -0.05) is 65.1 Å². The van der Waals surface area contributed by atoms with Crippen LogP contribution in [0.5, 0.6) is 0 Å². The van der Waals surface area contributed by atoms with Crippen LogP contribution in [0.1, 0.15) is 54.4 Å². The van der Waals surface area contributed by atoms with Crippen LogP contribution < -0.4 is 22.1 Å². The lowest BCUT2D eigenvalue weighted by Crippen LogP contribution is -2.46. The summed E-state index contributed by atoms with van der Waals surface area (Å²) in [5.74, 6) is 6.61. The molecular weight excluding hydrogens is 677 g/mol. The number of allylic oxidation sites excluding steroid dienone is 3. The molecule has 14 heteroatoms. The molecule has 284 valence electrons. The topological polar surface area (TPSA) is 138 Å². The van der Waals surface area contributed by atoms with Gasteiger partial charge in [0.25, 0.3) is 12.3 Å². The van der Waals surface area contributed by atoms with Crippen molar-refractivity contribution in [3.63, 3.8) is 0 Å². The zero-order chi connectivity index (χ0) is 38.2. The van der Waals surface area contributed by atoms with Gasteiger partial charge in [-0.05, 0) is 36.6 Å². The predicted octanol–water partition coefficient (Wildman–Crippen LogP) is 4.20. The molecule has 3 unspecified atom stereocenters. The Bertz CT molecular complexity index is 1440. The standard InChI is InChI=1S/C31H39F2N7O4S.3C2H6/c1-38-15-26(43-3)23(11-25(38)29(32)33)22-12-28(40-9-8-19(10-21(41)14-40)39(2)20-16-44-17-20)36-13-24(22)30(42)37-31(35)45-27(34)7-6-18-4-5-18;3*1-2/h8-12,15,18,20,25,27,29,31,36H,4-5,13-14,16-17,34-35H2,1-3H3,(H,37,42);3*1-2H3. The molecule has 6 N–H and O–H groups in total. The van der Waals surface area contributed by atoms with Crippen molar-refractivity contribution in [1.82, 2.24) is 25.3 Å². The lowest BCUT2D eigenvalue weighted by Gasteiger charge is -2.36. The average molecular weight is 734 g/mol. The van der Waals surface area contributed by atoms with Gasteiger partial charge in [-0.15, -0.1) is 0 Å². The first-order chi connectivity index (χ1) is 24.5. The average Bonchev–Trinajstić information content (AvgIpc) is 3.96. The molecule has 4 aliphatic heterocycles. The molecule has 0 spiro atoms. The summed E-state index contributed by atoms with van der Waals surface area (Å²) in [4.78, 5) is 31.7. The number of thioether (sulfide) groups is 1. The summed E-state index contributed by atoms with van der Waals surface area (Å²) in [7, 11) is 4.88. The number of nitrogens with two attached hydrogens (primary N) is 2. The maximum absolute atomic E-state index is 14.1. The van der Waals surface area contributed by atoms with Crippen LogP contribution in [0.25, 0.3) is 0 Å². The van der Waals surface area contributed by atoms with Gasteiger partial charge >= 0.3 is 0 Å². The number of nitrogens with zero attached hydrogens (tertiary/aromatic N) is 3. The molecule has 2 fully saturated rings. The largest absolute Gasteiger partial charge is 0.495 e. The molecule has 5 rings (SSSR count). The smallest absolute Gasteiger partial charge is 0.262 e. The Balaban J connectivity index is 0.00000143. The molecular formula is C37H57F2N7O4S. The van der Waals surface area contributed by atoms with Crippen LogP contribution in [-0.4, -0.2) is 103 Å². The zero-order valence-electron chi connectivity index (χ0n) is 31.5. The third kappa shape index (κ3) is 12.2. The van der Waals surface area contributed by atoms with E-state index < -0.39 is 29.2 Å². The fourth-order valence-electron chi connectivity index (χ4n) is 5.08. The quantitative estimate of drug-likeness (QED) is 0.190. The lowest BCUT2D eigenvalue weighted by molar-refractivity contribution is -0.118. The van der Waals surface area contributed by atoms with Gasteiger partial charge in [0, 0.05) is 61.9 Å². The van der Waals surface area contributed by atoms with Crippen molar-refractivity contribution in [2.24, 2.45) is 17.4 Å². The second-order valence-electron chi connectivity index (χ2n) is 11.3. The van der Waals surface area contributed by atoms with E-state index in [1.807, 2.05) is 59.6 Å². The second kappa shape index (κ2) is 21.6. The fraction of sp³-hybridized carbons (Fsp3) is 0.568. The number of ketones is 1. The zero-order valence-corrected chi connectivity index (χ0v) is 32.3. The van der Waals surface area contributed by atoms with Crippen molar-refractivity contribution in [3.05, 3.63) is 70.7 Å². The maximum atomic E-state index is 14.1. The Morgan fingerprint density at radius 3 is 2.39 bits per heavy atom. The summed E-state index contributed by atoms with van der Waals surface area (Å²) >= 11 is 1.11. The number of dihydropyridines is 1. The Hall–Kier alpha value is -3.77. The summed E-state index contributed by atoms with van der Waals surface area (Å²) in [5, 5.41) is 5.39. The minimum absolute atomic E-state index is 0.0262. The number of hydrogen-bond acceptors (Lipinski definition) is 11. The molecule has 4 heterocycles. The van der Waals surface area contributed by atoms with Gasteiger partial charge in [0.15, 0.2) is 5.78 Å². The van der Waals surface area contributed by atoms with Crippen molar-refractivity contribution < 1.29 is 27.8 Å². The minimum Gasteiger partial charge on any atom is -0.495 e. The Kier molecular flexibility index (Phi) is 18.3. The molecule has 51 heavy (non-hydrogen) atoms. The number of carbonyl (C=O) groups is 2. The number of halogens is 2. The van der Waals surface area contributed by atoms with E-state index in [9.17, 15) is 18.4 Å². The van der Waals surface area contributed by atoms with E-state index in [2.05, 4.69) is 22.5 Å². The van der Waals surface area contributed by atoms with Gasteiger partial charge in [0.05, 0.1) is 32.9 Å². The molecule has 1 saturated heterocycles. The van der Waals surface area contributed by atoms with Gasteiger partial charge in [0.2, 0.25) is 0 Å². The molecule has 0 aromatic rings. The van der Waals surface area contributed by atoms with Gasteiger partial charge in [-0.3, -0.25) is 9.59 Å².